The first-order valence-electron chi connectivity index (χ1n) is 10.2. The van der Waals surface area contributed by atoms with E-state index < -0.39 is 17.9 Å². The topological polar surface area (TPSA) is 64.6 Å². The lowest BCUT2D eigenvalue weighted by Gasteiger charge is -2.14. The van der Waals surface area contributed by atoms with Crippen molar-refractivity contribution in [3.8, 4) is 11.1 Å². The van der Waals surface area contributed by atoms with Gasteiger partial charge in [0.25, 0.3) is 0 Å². The second kappa shape index (κ2) is 9.47. The molecule has 162 valence electrons. The molecule has 0 fully saturated rings. The van der Waals surface area contributed by atoms with Gasteiger partial charge in [-0.3, -0.25) is 0 Å². The summed E-state index contributed by atoms with van der Waals surface area (Å²) < 4.78 is 23.8. The molecule has 1 N–H and O–H groups in total. The number of carbonyl (C=O) groups excluding carboxylic acids is 2. The Hall–Kier alpha value is -3.93. The van der Waals surface area contributed by atoms with Crippen molar-refractivity contribution in [2.24, 2.45) is 0 Å². The molecule has 0 unspecified atom stereocenters. The van der Waals surface area contributed by atoms with Crippen molar-refractivity contribution in [3.05, 3.63) is 101 Å². The van der Waals surface area contributed by atoms with Gasteiger partial charge in [0.05, 0.1) is 12.7 Å². The predicted octanol–water partition coefficient (Wildman–Crippen LogP) is 5.16. The van der Waals surface area contributed by atoms with Crippen molar-refractivity contribution in [2.75, 3.05) is 20.3 Å². The SMILES string of the molecule is COC(=O)c1cc(F)cc(C=CCNC(=O)OCC2c3ccccc3-c3ccccc32)c1. The molecule has 1 aliphatic carbocycles. The average Bonchev–Trinajstić information content (AvgIpc) is 3.13. The van der Waals surface area contributed by atoms with Gasteiger partial charge in [-0.15, -0.1) is 0 Å². The Bertz CT molecular complexity index is 1140. The number of nitrogens with one attached hydrogen (secondary N) is 1. The molecule has 3 aromatic rings. The van der Waals surface area contributed by atoms with Crippen LogP contribution in [0.25, 0.3) is 17.2 Å². The van der Waals surface area contributed by atoms with E-state index in [1.54, 1.807) is 12.2 Å². The Balaban J connectivity index is 1.33. The van der Waals surface area contributed by atoms with Gasteiger partial charge in [-0.05, 0) is 46.0 Å². The maximum Gasteiger partial charge on any atom is 0.407 e. The second-order valence-corrected chi connectivity index (χ2v) is 7.37. The fourth-order valence-electron chi connectivity index (χ4n) is 3.93. The van der Waals surface area contributed by atoms with Gasteiger partial charge in [-0.2, -0.15) is 0 Å². The van der Waals surface area contributed by atoms with Gasteiger partial charge < -0.3 is 14.8 Å². The Morgan fingerprint density at radius 2 is 1.66 bits per heavy atom. The summed E-state index contributed by atoms with van der Waals surface area (Å²) in [6.45, 7) is 0.427. The van der Waals surface area contributed by atoms with Crippen molar-refractivity contribution >= 4 is 18.1 Å². The molecule has 32 heavy (non-hydrogen) atoms. The highest BCUT2D eigenvalue weighted by Crippen LogP contribution is 2.44. The summed E-state index contributed by atoms with van der Waals surface area (Å²) >= 11 is 0. The number of benzene rings is 3. The van der Waals surface area contributed by atoms with Crippen molar-refractivity contribution < 1.29 is 23.5 Å². The van der Waals surface area contributed by atoms with Crippen molar-refractivity contribution in [2.45, 2.75) is 5.92 Å². The Kier molecular flexibility index (Phi) is 6.31. The number of methoxy groups -OCH3 is 1. The molecular weight excluding hydrogens is 409 g/mol. The molecule has 0 bridgehead atoms. The van der Waals surface area contributed by atoms with E-state index in [9.17, 15) is 14.0 Å². The number of alkyl carbamates (subject to hydrolysis) is 1. The molecule has 0 saturated heterocycles. The number of fused-ring (bicyclic) bond motifs is 3. The fraction of sp³-hybridized carbons (Fsp3) is 0.154. The summed E-state index contributed by atoms with van der Waals surface area (Å²) in [5.41, 5.74) is 5.24. The predicted molar refractivity (Wildman–Crippen MR) is 120 cm³/mol. The summed E-state index contributed by atoms with van der Waals surface area (Å²) in [5, 5.41) is 2.65. The smallest absolute Gasteiger partial charge is 0.407 e. The van der Waals surface area contributed by atoms with E-state index in [-0.39, 0.29) is 24.6 Å². The molecular formula is C26H22FNO4. The van der Waals surface area contributed by atoms with Crippen molar-refractivity contribution in [3.63, 3.8) is 0 Å². The highest BCUT2D eigenvalue weighted by Gasteiger charge is 2.28. The van der Waals surface area contributed by atoms with E-state index in [0.717, 1.165) is 17.2 Å². The third-order valence-corrected chi connectivity index (χ3v) is 5.36. The molecule has 1 aliphatic rings. The lowest BCUT2D eigenvalue weighted by Crippen LogP contribution is -2.26. The van der Waals surface area contributed by atoms with Crippen LogP contribution in [0.3, 0.4) is 0 Å². The van der Waals surface area contributed by atoms with Crippen LogP contribution in [0.15, 0.2) is 72.8 Å². The summed E-state index contributed by atoms with van der Waals surface area (Å²) in [6.07, 6.45) is 2.72. The van der Waals surface area contributed by atoms with Gasteiger partial charge in [0.2, 0.25) is 0 Å². The summed E-state index contributed by atoms with van der Waals surface area (Å²) in [6, 6.07) is 20.2. The molecule has 4 rings (SSSR count). The lowest BCUT2D eigenvalue weighted by molar-refractivity contribution is 0.0600. The van der Waals surface area contributed by atoms with Gasteiger partial charge in [-0.1, -0.05) is 60.7 Å². The number of ether oxygens (including phenoxy) is 2. The Morgan fingerprint density at radius 1 is 1.00 bits per heavy atom. The number of rotatable bonds is 6. The molecule has 0 aliphatic heterocycles. The van der Waals surface area contributed by atoms with Crippen LogP contribution in [-0.2, 0) is 9.47 Å². The summed E-state index contributed by atoms with van der Waals surface area (Å²) in [5.74, 6) is -1.17. The van der Waals surface area contributed by atoms with Crippen LogP contribution >= 0.6 is 0 Å². The van der Waals surface area contributed by atoms with Crippen LogP contribution in [0, 0.1) is 5.82 Å². The second-order valence-electron chi connectivity index (χ2n) is 7.37. The van der Waals surface area contributed by atoms with Crippen LogP contribution in [0.4, 0.5) is 9.18 Å². The third kappa shape index (κ3) is 4.54. The van der Waals surface area contributed by atoms with E-state index in [4.69, 9.17) is 4.74 Å². The van der Waals surface area contributed by atoms with Crippen LogP contribution in [0.5, 0.6) is 0 Å². The molecule has 3 aromatic carbocycles. The number of halogens is 1. The van der Waals surface area contributed by atoms with E-state index in [1.807, 2.05) is 24.3 Å². The first-order valence-corrected chi connectivity index (χ1v) is 10.2. The molecule has 6 heteroatoms. The quantitative estimate of drug-likeness (QED) is 0.548. The number of hydrogen-bond acceptors (Lipinski definition) is 4. The van der Waals surface area contributed by atoms with Crippen LogP contribution in [-0.4, -0.2) is 32.3 Å². The van der Waals surface area contributed by atoms with Gasteiger partial charge in [0, 0.05) is 12.5 Å². The molecule has 0 aromatic heterocycles. The molecule has 0 heterocycles. The minimum Gasteiger partial charge on any atom is -0.465 e. The minimum atomic E-state index is -0.615. The van der Waals surface area contributed by atoms with E-state index >= 15 is 0 Å². The van der Waals surface area contributed by atoms with E-state index in [2.05, 4.69) is 34.3 Å². The third-order valence-electron chi connectivity index (χ3n) is 5.36. The normalized spacial score (nSPS) is 12.3. The monoisotopic (exact) mass is 431 g/mol. The van der Waals surface area contributed by atoms with Crippen molar-refractivity contribution in [1.29, 1.82) is 0 Å². The molecule has 1 amide bonds. The highest BCUT2D eigenvalue weighted by atomic mass is 19.1. The number of amides is 1. The first kappa shape index (κ1) is 21.3. The van der Waals surface area contributed by atoms with Gasteiger partial charge in [0.15, 0.2) is 0 Å². The van der Waals surface area contributed by atoms with Crippen LogP contribution in [0.2, 0.25) is 0 Å². The largest absolute Gasteiger partial charge is 0.465 e. The lowest BCUT2D eigenvalue weighted by atomic mass is 9.98. The molecule has 0 radical (unpaired) electrons. The molecule has 0 saturated carbocycles. The van der Waals surface area contributed by atoms with E-state index in [0.29, 0.717) is 5.56 Å². The Labute approximate surface area is 185 Å². The van der Waals surface area contributed by atoms with Crippen molar-refractivity contribution in [1.82, 2.24) is 5.32 Å². The Morgan fingerprint density at radius 3 is 2.31 bits per heavy atom. The van der Waals surface area contributed by atoms with Crippen LogP contribution < -0.4 is 5.32 Å². The maximum atomic E-state index is 13.7. The zero-order valence-corrected chi connectivity index (χ0v) is 17.5. The molecule has 0 spiro atoms. The first-order chi connectivity index (χ1) is 15.6. The van der Waals surface area contributed by atoms with E-state index in [1.165, 1.54) is 30.4 Å². The zero-order chi connectivity index (χ0) is 22.5. The standard InChI is InChI=1S/C26H22FNO4/c1-31-25(29)18-13-17(14-19(27)15-18)7-6-12-28-26(30)32-16-24-22-10-4-2-8-20(22)21-9-3-5-11-23(21)24/h2-11,13-15,24H,12,16H2,1H3,(H,28,30). The molecule has 5 nitrogen and oxygen atoms in total. The zero-order valence-electron chi connectivity index (χ0n) is 17.5. The summed E-state index contributed by atoms with van der Waals surface area (Å²) in [7, 11) is 1.24. The van der Waals surface area contributed by atoms with Gasteiger partial charge >= 0.3 is 12.1 Å². The molecule has 0 atom stereocenters. The van der Waals surface area contributed by atoms with Crippen LogP contribution in [0.1, 0.15) is 33.0 Å². The average molecular weight is 431 g/mol. The highest BCUT2D eigenvalue weighted by molar-refractivity contribution is 5.90. The number of carbonyl (C=O) groups is 2. The minimum absolute atomic E-state index is 0.00673. The number of hydrogen-bond donors (Lipinski definition) is 1. The summed E-state index contributed by atoms with van der Waals surface area (Å²) in [4.78, 5) is 23.8. The maximum absolute atomic E-state index is 13.7. The fourth-order valence-corrected chi connectivity index (χ4v) is 3.93. The number of esters is 1. The van der Waals surface area contributed by atoms with Gasteiger partial charge in [-0.25, -0.2) is 14.0 Å². The van der Waals surface area contributed by atoms with Gasteiger partial charge in [0.1, 0.15) is 12.4 Å².